The van der Waals surface area contributed by atoms with Gasteiger partial charge in [-0.1, -0.05) is 12.1 Å². The van der Waals surface area contributed by atoms with Crippen LogP contribution in [0.15, 0.2) is 42.9 Å². The van der Waals surface area contributed by atoms with E-state index in [-0.39, 0.29) is 5.92 Å². The second-order valence-electron chi connectivity index (χ2n) is 5.97. The number of aromatic nitrogens is 4. The molecule has 0 spiro atoms. The molecule has 1 atom stereocenters. The molecular formula is C18H20N6O. The molecule has 0 fully saturated rings. The first-order valence-corrected chi connectivity index (χ1v) is 8.20. The van der Waals surface area contributed by atoms with Gasteiger partial charge in [-0.3, -0.25) is 0 Å². The van der Waals surface area contributed by atoms with Gasteiger partial charge >= 0.3 is 0 Å². The van der Waals surface area contributed by atoms with Crippen LogP contribution in [0.1, 0.15) is 22.9 Å². The molecule has 7 heteroatoms. The van der Waals surface area contributed by atoms with Crippen LogP contribution in [0.3, 0.4) is 0 Å². The fourth-order valence-electron chi connectivity index (χ4n) is 3.23. The lowest BCUT2D eigenvalue weighted by atomic mass is 9.91. The van der Waals surface area contributed by atoms with Crippen LogP contribution in [-0.4, -0.2) is 40.6 Å². The first kappa shape index (κ1) is 15.4. The van der Waals surface area contributed by atoms with Crippen molar-refractivity contribution in [1.82, 2.24) is 19.9 Å². The first-order chi connectivity index (χ1) is 12.3. The number of imidazole rings is 1. The van der Waals surface area contributed by atoms with Gasteiger partial charge in [0.1, 0.15) is 11.6 Å². The molecular weight excluding hydrogens is 316 g/mol. The summed E-state index contributed by atoms with van der Waals surface area (Å²) in [6.45, 7) is 1.47. The lowest BCUT2D eigenvalue weighted by Crippen LogP contribution is -2.35. The molecule has 3 heterocycles. The van der Waals surface area contributed by atoms with Crippen LogP contribution in [0, 0.1) is 0 Å². The van der Waals surface area contributed by atoms with Crippen molar-refractivity contribution in [3.8, 4) is 5.75 Å². The zero-order chi connectivity index (χ0) is 17.2. The first-order valence-electron chi connectivity index (χ1n) is 8.20. The Morgan fingerprint density at radius 1 is 1.28 bits per heavy atom. The number of anilines is 2. The Kier molecular flexibility index (Phi) is 3.97. The Morgan fingerprint density at radius 2 is 2.20 bits per heavy atom. The second-order valence-corrected chi connectivity index (χ2v) is 5.97. The summed E-state index contributed by atoms with van der Waals surface area (Å²) < 4.78 is 5.38. The zero-order valence-electron chi connectivity index (χ0n) is 14.2. The molecule has 0 amide bonds. The minimum absolute atomic E-state index is 0.131. The predicted octanol–water partition coefficient (Wildman–Crippen LogP) is 2.40. The van der Waals surface area contributed by atoms with Gasteiger partial charge in [0.15, 0.2) is 0 Å². The van der Waals surface area contributed by atoms with Crippen LogP contribution in [0.25, 0.3) is 0 Å². The lowest BCUT2D eigenvalue weighted by molar-refractivity contribution is 0.414. The monoisotopic (exact) mass is 336 g/mol. The maximum atomic E-state index is 5.38. The smallest absolute Gasteiger partial charge is 0.227 e. The minimum atomic E-state index is 0.131. The minimum Gasteiger partial charge on any atom is -0.497 e. The highest BCUT2D eigenvalue weighted by Gasteiger charge is 2.30. The largest absolute Gasteiger partial charge is 0.497 e. The molecule has 7 nitrogen and oxygen atoms in total. The second kappa shape index (κ2) is 6.43. The third-order valence-corrected chi connectivity index (χ3v) is 4.51. The Balaban J connectivity index is 1.72. The van der Waals surface area contributed by atoms with Crippen LogP contribution in [0.5, 0.6) is 5.75 Å². The number of ether oxygens (including phenoxy) is 1. The summed E-state index contributed by atoms with van der Waals surface area (Å²) in [7, 11) is 3.54. The van der Waals surface area contributed by atoms with E-state index < -0.39 is 0 Å². The summed E-state index contributed by atoms with van der Waals surface area (Å²) >= 11 is 0. The predicted molar refractivity (Wildman–Crippen MR) is 96.1 cm³/mol. The van der Waals surface area contributed by atoms with Crippen molar-refractivity contribution in [2.75, 3.05) is 30.9 Å². The summed E-state index contributed by atoms with van der Waals surface area (Å²) in [5.41, 5.74) is 3.34. The molecule has 1 aliphatic heterocycles. The van der Waals surface area contributed by atoms with Gasteiger partial charge in [-0.05, 0) is 23.8 Å². The zero-order valence-corrected chi connectivity index (χ0v) is 14.2. The molecule has 2 N–H and O–H groups in total. The van der Waals surface area contributed by atoms with E-state index in [4.69, 9.17) is 4.74 Å². The number of fused-ring (bicyclic) bond motifs is 1. The van der Waals surface area contributed by atoms with Crippen molar-refractivity contribution in [2.45, 2.75) is 12.5 Å². The van der Waals surface area contributed by atoms with Crippen LogP contribution in [0.4, 0.5) is 11.8 Å². The van der Waals surface area contributed by atoms with Crippen LogP contribution < -0.4 is 15.0 Å². The summed E-state index contributed by atoms with van der Waals surface area (Å²) in [5, 5.41) is 3.06. The topological polar surface area (TPSA) is 79.0 Å². The Labute approximate surface area is 146 Å². The van der Waals surface area contributed by atoms with Crippen molar-refractivity contribution in [1.29, 1.82) is 0 Å². The van der Waals surface area contributed by atoms with Crippen molar-refractivity contribution in [3.63, 3.8) is 0 Å². The number of hydrogen-bond acceptors (Lipinski definition) is 6. The number of nitrogens with zero attached hydrogens (tertiary/aromatic N) is 4. The van der Waals surface area contributed by atoms with Crippen LogP contribution in [0.2, 0.25) is 0 Å². The van der Waals surface area contributed by atoms with Gasteiger partial charge in [0, 0.05) is 25.7 Å². The SMILES string of the molecule is CNc1ccnc(N2Cc3[nH]cnc3C(c3cccc(OC)c3)C2)n1. The van der Waals surface area contributed by atoms with Gasteiger partial charge in [-0.2, -0.15) is 4.98 Å². The average Bonchev–Trinajstić information content (AvgIpc) is 3.16. The van der Waals surface area contributed by atoms with Gasteiger partial charge in [0.05, 0.1) is 31.4 Å². The number of hydrogen-bond donors (Lipinski definition) is 2. The summed E-state index contributed by atoms with van der Waals surface area (Å²) in [4.78, 5) is 19.0. The number of H-pyrrole nitrogens is 1. The van der Waals surface area contributed by atoms with E-state index in [2.05, 4.69) is 42.3 Å². The van der Waals surface area contributed by atoms with Crippen molar-refractivity contribution < 1.29 is 4.74 Å². The maximum absolute atomic E-state index is 5.38. The number of nitrogens with one attached hydrogen (secondary N) is 2. The number of methoxy groups -OCH3 is 1. The molecule has 0 bridgehead atoms. The Morgan fingerprint density at radius 3 is 3.04 bits per heavy atom. The summed E-state index contributed by atoms with van der Waals surface area (Å²) in [5.74, 6) is 2.49. The Hall–Kier alpha value is -3.09. The van der Waals surface area contributed by atoms with Gasteiger partial charge in [0.25, 0.3) is 0 Å². The van der Waals surface area contributed by atoms with Gasteiger partial charge in [0.2, 0.25) is 5.95 Å². The molecule has 0 saturated carbocycles. The molecule has 4 rings (SSSR count). The molecule has 0 aliphatic carbocycles. The van der Waals surface area contributed by atoms with Crippen molar-refractivity contribution in [3.05, 3.63) is 59.8 Å². The molecule has 1 unspecified atom stereocenters. The molecule has 0 radical (unpaired) electrons. The quantitative estimate of drug-likeness (QED) is 0.762. The van der Waals surface area contributed by atoms with Crippen LogP contribution in [-0.2, 0) is 6.54 Å². The van der Waals surface area contributed by atoms with Gasteiger partial charge < -0.3 is 19.9 Å². The van der Waals surface area contributed by atoms with E-state index in [1.807, 2.05) is 25.2 Å². The van der Waals surface area contributed by atoms with E-state index in [1.54, 1.807) is 19.6 Å². The number of benzene rings is 1. The molecule has 0 saturated heterocycles. The van der Waals surface area contributed by atoms with E-state index in [0.29, 0.717) is 12.5 Å². The van der Waals surface area contributed by atoms with Gasteiger partial charge in [-0.25, -0.2) is 9.97 Å². The molecule has 128 valence electrons. The third kappa shape index (κ3) is 2.88. The maximum Gasteiger partial charge on any atom is 0.227 e. The summed E-state index contributed by atoms with van der Waals surface area (Å²) in [6.07, 6.45) is 3.53. The molecule has 1 aliphatic rings. The fraction of sp³-hybridized carbons (Fsp3) is 0.278. The van der Waals surface area contributed by atoms with E-state index in [0.717, 1.165) is 29.5 Å². The normalized spacial score (nSPS) is 16.4. The van der Waals surface area contributed by atoms with Gasteiger partial charge in [-0.15, -0.1) is 0 Å². The standard InChI is InChI=1S/C18H20N6O/c1-19-16-6-7-20-18(23-16)24-9-14(17-15(10-24)21-11-22-17)12-4-3-5-13(8-12)25-2/h3-8,11,14H,9-10H2,1-2H3,(H,21,22)(H,19,20,23). The fourth-order valence-corrected chi connectivity index (χ4v) is 3.23. The molecule has 25 heavy (non-hydrogen) atoms. The summed E-state index contributed by atoms with van der Waals surface area (Å²) in [6, 6.07) is 10.00. The van der Waals surface area contributed by atoms with Crippen LogP contribution >= 0.6 is 0 Å². The molecule has 3 aromatic rings. The number of rotatable bonds is 4. The molecule has 1 aromatic carbocycles. The van der Waals surface area contributed by atoms with Crippen molar-refractivity contribution >= 4 is 11.8 Å². The highest BCUT2D eigenvalue weighted by atomic mass is 16.5. The number of aromatic amines is 1. The lowest BCUT2D eigenvalue weighted by Gasteiger charge is -2.32. The van der Waals surface area contributed by atoms with E-state index >= 15 is 0 Å². The average molecular weight is 336 g/mol. The van der Waals surface area contributed by atoms with E-state index in [9.17, 15) is 0 Å². The Bertz CT molecular complexity index is 877. The van der Waals surface area contributed by atoms with E-state index in [1.165, 1.54) is 5.56 Å². The highest BCUT2D eigenvalue weighted by molar-refractivity contribution is 5.46. The molecule has 2 aromatic heterocycles. The van der Waals surface area contributed by atoms with Crippen molar-refractivity contribution in [2.24, 2.45) is 0 Å². The highest BCUT2D eigenvalue weighted by Crippen LogP contribution is 2.34. The third-order valence-electron chi connectivity index (χ3n) is 4.51.